The molecule has 96 valence electrons. The second kappa shape index (κ2) is 4.40. The fourth-order valence-electron chi connectivity index (χ4n) is 0.806. The van der Waals surface area contributed by atoms with Gasteiger partial charge in [0.1, 0.15) is 5.60 Å². The average Bonchev–Trinajstić information content (AvgIpc) is 1.97. The van der Waals surface area contributed by atoms with Gasteiger partial charge in [-0.25, -0.2) is 4.79 Å². The van der Waals surface area contributed by atoms with E-state index >= 15 is 0 Å². The zero-order chi connectivity index (χ0) is 13.4. The summed E-state index contributed by atoms with van der Waals surface area (Å²) in [5.74, 6) is -0.706. The second-order valence-corrected chi connectivity index (χ2v) is 10.5. The van der Waals surface area contributed by atoms with Gasteiger partial charge < -0.3 is 4.74 Å². The highest BCUT2D eigenvalue weighted by Crippen LogP contribution is 2.53. The first-order chi connectivity index (χ1) is 6.79. The van der Waals surface area contributed by atoms with Crippen LogP contribution in [0.25, 0.3) is 0 Å². The fourth-order valence-corrected chi connectivity index (χ4v) is 1.82. The molecule has 0 saturated heterocycles. The summed E-state index contributed by atoms with van der Waals surface area (Å²) in [6.07, 6.45) is 3.72. The van der Waals surface area contributed by atoms with Crippen molar-refractivity contribution in [1.82, 2.24) is 0 Å². The fraction of sp³-hybridized carbons (Fsp3) is 0.833. The number of carbonyl (C=O) groups is 2. The summed E-state index contributed by atoms with van der Waals surface area (Å²) in [6.45, 7) is 11.2. The van der Waals surface area contributed by atoms with Crippen LogP contribution in [-0.4, -0.2) is 33.9 Å². The standard InChI is InChI=1S/C12H24O3S/c1-11(2,3)15-9(13)10(14)16(7,8)12(4,5)6/h1-8H3. The third kappa shape index (κ3) is 3.81. The van der Waals surface area contributed by atoms with Crippen molar-refractivity contribution in [1.29, 1.82) is 0 Å². The first kappa shape index (κ1) is 15.5. The van der Waals surface area contributed by atoms with Gasteiger partial charge in [0.05, 0.1) is 0 Å². The van der Waals surface area contributed by atoms with Gasteiger partial charge in [-0.1, -0.05) is 20.8 Å². The van der Waals surface area contributed by atoms with Gasteiger partial charge >= 0.3 is 5.97 Å². The summed E-state index contributed by atoms with van der Waals surface area (Å²) in [7, 11) is -1.66. The minimum atomic E-state index is -1.66. The molecule has 0 aromatic carbocycles. The molecule has 0 spiro atoms. The summed E-state index contributed by atoms with van der Waals surface area (Å²) in [5, 5.41) is -0.380. The lowest BCUT2D eigenvalue weighted by molar-refractivity contribution is -0.159. The molecule has 0 fully saturated rings. The smallest absolute Gasteiger partial charge is 0.384 e. The van der Waals surface area contributed by atoms with E-state index in [1.165, 1.54) is 0 Å². The maximum Gasteiger partial charge on any atom is 0.384 e. The van der Waals surface area contributed by atoms with Crippen LogP contribution in [0.15, 0.2) is 0 Å². The molecule has 0 atom stereocenters. The number of rotatable bonds is 0. The van der Waals surface area contributed by atoms with Crippen molar-refractivity contribution in [3.05, 3.63) is 0 Å². The van der Waals surface area contributed by atoms with Gasteiger partial charge in [0.2, 0.25) is 0 Å². The van der Waals surface area contributed by atoms with Crippen LogP contribution in [-0.2, 0) is 14.3 Å². The molecule has 0 unspecified atom stereocenters. The van der Waals surface area contributed by atoms with Crippen LogP contribution >= 0.6 is 10.0 Å². The Morgan fingerprint density at radius 1 is 0.938 bits per heavy atom. The van der Waals surface area contributed by atoms with E-state index in [-0.39, 0.29) is 9.86 Å². The van der Waals surface area contributed by atoms with Crippen molar-refractivity contribution < 1.29 is 14.3 Å². The van der Waals surface area contributed by atoms with Crippen molar-refractivity contribution in [2.24, 2.45) is 0 Å². The molecule has 0 bridgehead atoms. The Bertz CT molecular complexity index is 292. The van der Waals surface area contributed by atoms with Crippen LogP contribution in [0.4, 0.5) is 0 Å². The zero-order valence-electron chi connectivity index (χ0n) is 11.6. The molecule has 0 amide bonds. The van der Waals surface area contributed by atoms with Crippen molar-refractivity contribution in [2.45, 2.75) is 51.9 Å². The van der Waals surface area contributed by atoms with Crippen molar-refractivity contribution in [2.75, 3.05) is 12.5 Å². The highest BCUT2D eigenvalue weighted by Gasteiger charge is 2.40. The summed E-state index contributed by atoms with van der Waals surface area (Å²) in [6, 6.07) is 0. The molecule has 4 heteroatoms. The lowest BCUT2D eigenvalue weighted by atomic mass is 10.2. The Kier molecular flexibility index (Phi) is 4.26. The second-order valence-electron chi connectivity index (χ2n) is 6.23. The largest absolute Gasteiger partial charge is 0.454 e. The highest BCUT2D eigenvalue weighted by molar-refractivity contribution is 8.46. The van der Waals surface area contributed by atoms with Crippen LogP contribution in [0.1, 0.15) is 41.5 Å². The van der Waals surface area contributed by atoms with Gasteiger partial charge in [0.25, 0.3) is 5.12 Å². The maximum atomic E-state index is 12.1. The molecule has 0 heterocycles. The molecule has 0 N–H and O–H groups in total. The van der Waals surface area contributed by atoms with Gasteiger partial charge in [-0.05, 0) is 38.0 Å². The number of carbonyl (C=O) groups excluding carboxylic acids is 2. The van der Waals surface area contributed by atoms with E-state index < -0.39 is 21.6 Å². The van der Waals surface area contributed by atoms with Crippen molar-refractivity contribution >= 4 is 21.1 Å². The van der Waals surface area contributed by atoms with Gasteiger partial charge in [-0.3, -0.25) is 4.79 Å². The predicted molar refractivity (Wildman–Crippen MR) is 70.0 cm³/mol. The molecule has 0 aromatic heterocycles. The monoisotopic (exact) mass is 248 g/mol. The lowest BCUT2D eigenvalue weighted by Gasteiger charge is -2.41. The van der Waals surface area contributed by atoms with Crippen LogP contribution < -0.4 is 0 Å². The van der Waals surface area contributed by atoms with Gasteiger partial charge in [-0.15, -0.1) is 0 Å². The van der Waals surface area contributed by atoms with Crippen LogP contribution in [0.3, 0.4) is 0 Å². The molecule has 0 aromatic rings. The number of hydrogen-bond donors (Lipinski definition) is 0. The summed E-state index contributed by atoms with van der Waals surface area (Å²) in [4.78, 5) is 23.8. The number of ether oxygens (including phenoxy) is 1. The maximum absolute atomic E-state index is 12.1. The Labute approximate surface area is 100 Å². The van der Waals surface area contributed by atoms with E-state index in [1.54, 1.807) is 20.8 Å². The van der Waals surface area contributed by atoms with Crippen LogP contribution in [0.5, 0.6) is 0 Å². The van der Waals surface area contributed by atoms with Crippen LogP contribution in [0.2, 0.25) is 0 Å². The van der Waals surface area contributed by atoms with Crippen molar-refractivity contribution in [3.8, 4) is 0 Å². The first-order valence-corrected chi connectivity index (χ1v) is 7.74. The minimum absolute atomic E-state index is 0.193. The van der Waals surface area contributed by atoms with Gasteiger partial charge in [0.15, 0.2) is 0 Å². The van der Waals surface area contributed by atoms with E-state index in [1.807, 2.05) is 33.3 Å². The first-order valence-electron chi connectivity index (χ1n) is 5.29. The van der Waals surface area contributed by atoms with E-state index in [9.17, 15) is 9.59 Å². The molecule has 0 aliphatic heterocycles. The van der Waals surface area contributed by atoms with E-state index in [0.29, 0.717) is 0 Å². The molecule has 0 aliphatic rings. The normalized spacial score (nSPS) is 14.5. The Morgan fingerprint density at radius 3 is 1.56 bits per heavy atom. The number of hydrogen-bond acceptors (Lipinski definition) is 3. The summed E-state index contributed by atoms with van der Waals surface area (Å²) in [5.41, 5.74) is -0.611. The topological polar surface area (TPSA) is 43.4 Å². The minimum Gasteiger partial charge on any atom is -0.454 e. The Hall–Kier alpha value is -0.510. The highest BCUT2D eigenvalue weighted by atomic mass is 32.3. The van der Waals surface area contributed by atoms with E-state index in [4.69, 9.17) is 4.74 Å². The van der Waals surface area contributed by atoms with E-state index in [2.05, 4.69) is 0 Å². The molecule has 3 nitrogen and oxygen atoms in total. The predicted octanol–water partition coefficient (Wildman–Crippen LogP) is 2.72. The van der Waals surface area contributed by atoms with Gasteiger partial charge in [0, 0.05) is 0 Å². The summed E-state index contributed by atoms with van der Waals surface area (Å²) >= 11 is 0. The molecular formula is C12H24O3S. The SMILES string of the molecule is CC(C)(C)OC(=O)C(=O)S(C)(C)C(C)(C)C. The Balaban J connectivity index is 4.89. The number of esters is 1. The average molecular weight is 248 g/mol. The Morgan fingerprint density at radius 2 is 1.31 bits per heavy atom. The third-order valence-electron chi connectivity index (χ3n) is 2.56. The van der Waals surface area contributed by atoms with E-state index in [0.717, 1.165) is 0 Å². The quantitative estimate of drug-likeness (QED) is 0.489. The summed E-state index contributed by atoms with van der Waals surface area (Å²) < 4.78 is 4.92. The molecule has 0 aliphatic carbocycles. The molecular weight excluding hydrogens is 224 g/mol. The van der Waals surface area contributed by atoms with Crippen molar-refractivity contribution in [3.63, 3.8) is 0 Å². The molecule has 16 heavy (non-hydrogen) atoms. The third-order valence-corrected chi connectivity index (χ3v) is 6.72. The molecule has 0 radical (unpaired) electrons. The lowest BCUT2D eigenvalue weighted by Crippen LogP contribution is -2.37. The zero-order valence-corrected chi connectivity index (χ0v) is 12.4. The molecule has 0 saturated carbocycles. The van der Waals surface area contributed by atoms with Gasteiger partial charge in [-0.2, -0.15) is 10.0 Å². The van der Waals surface area contributed by atoms with Crippen LogP contribution in [0, 0.1) is 0 Å². The molecule has 0 rings (SSSR count).